The highest BCUT2D eigenvalue weighted by Gasteiger charge is 2.38. The van der Waals surface area contributed by atoms with Crippen molar-refractivity contribution < 1.29 is 0 Å². The number of hydrogen-bond acceptors (Lipinski definition) is 1. The summed E-state index contributed by atoms with van der Waals surface area (Å²) < 4.78 is 2.40. The summed E-state index contributed by atoms with van der Waals surface area (Å²) in [6.07, 6.45) is 0. The Bertz CT molecular complexity index is 3300. The van der Waals surface area contributed by atoms with Gasteiger partial charge in [0.15, 0.2) is 0 Å². The summed E-state index contributed by atoms with van der Waals surface area (Å²) in [5.41, 5.74) is 22.1. The summed E-state index contributed by atoms with van der Waals surface area (Å²) in [6.45, 7) is 4.74. The zero-order valence-corrected chi connectivity index (χ0v) is 33.0. The molecule has 0 N–H and O–H groups in total. The molecule has 1 heterocycles. The Kier molecular flexibility index (Phi) is 7.31. The minimum absolute atomic E-state index is 0.136. The van der Waals surface area contributed by atoms with Crippen LogP contribution in [0.15, 0.2) is 206 Å². The molecule has 0 aliphatic heterocycles. The molecule has 0 spiro atoms. The van der Waals surface area contributed by atoms with Crippen molar-refractivity contribution in [2.75, 3.05) is 4.90 Å². The summed E-state index contributed by atoms with van der Waals surface area (Å²) in [6, 6.07) is 76.4. The average molecular weight is 753 g/mol. The molecule has 278 valence electrons. The van der Waals surface area contributed by atoms with Crippen LogP contribution in [0.1, 0.15) is 25.0 Å². The van der Waals surface area contributed by atoms with Crippen LogP contribution in [0.4, 0.5) is 17.1 Å². The number of nitrogens with zero attached hydrogens (tertiary/aromatic N) is 2. The first kappa shape index (κ1) is 33.7. The first-order valence-corrected chi connectivity index (χ1v) is 20.6. The molecule has 2 aliphatic carbocycles. The normalized spacial score (nSPS) is 13.1. The third kappa shape index (κ3) is 4.93. The molecular formula is C57H40N2. The Morgan fingerprint density at radius 3 is 1.53 bits per heavy atom. The summed E-state index contributed by atoms with van der Waals surface area (Å²) in [7, 11) is 0. The van der Waals surface area contributed by atoms with Crippen LogP contribution in [-0.4, -0.2) is 4.57 Å². The minimum atomic E-state index is -0.136. The molecule has 0 bridgehead atoms. The molecule has 0 amide bonds. The molecule has 0 radical (unpaired) electrons. The van der Waals surface area contributed by atoms with E-state index in [1.165, 1.54) is 94.3 Å². The van der Waals surface area contributed by atoms with Gasteiger partial charge in [0.1, 0.15) is 0 Å². The van der Waals surface area contributed by atoms with Gasteiger partial charge in [-0.3, -0.25) is 0 Å². The molecule has 0 unspecified atom stereocenters. The van der Waals surface area contributed by atoms with Gasteiger partial charge in [-0.15, -0.1) is 0 Å². The van der Waals surface area contributed by atoms with E-state index >= 15 is 0 Å². The number of para-hydroxylation sites is 2. The number of fused-ring (bicyclic) bond motifs is 14. The molecule has 2 nitrogen and oxygen atoms in total. The van der Waals surface area contributed by atoms with Gasteiger partial charge >= 0.3 is 0 Å². The number of rotatable bonds is 4. The van der Waals surface area contributed by atoms with Gasteiger partial charge in [-0.2, -0.15) is 0 Å². The average Bonchev–Trinajstić information content (AvgIpc) is 3.74. The number of anilines is 3. The summed E-state index contributed by atoms with van der Waals surface area (Å²) in [5.74, 6) is 0. The minimum Gasteiger partial charge on any atom is -0.310 e. The summed E-state index contributed by atoms with van der Waals surface area (Å²) >= 11 is 0. The van der Waals surface area contributed by atoms with Crippen LogP contribution in [0.25, 0.3) is 83.1 Å². The fourth-order valence-electron chi connectivity index (χ4n) is 10.3. The van der Waals surface area contributed by atoms with Gasteiger partial charge < -0.3 is 9.47 Å². The maximum absolute atomic E-state index is 2.52. The second-order valence-electron chi connectivity index (χ2n) is 16.5. The maximum atomic E-state index is 2.52. The number of aromatic nitrogens is 1. The van der Waals surface area contributed by atoms with Gasteiger partial charge in [0.25, 0.3) is 0 Å². The SMILES string of the molecule is CC1(C)c2ccccc2-c2c(N(c3ccc4c(c3)-c3ccccc3-c3ccccc3-c3ccccc3-4)c3ccc4c(c3)c3ccccc3n4-c3ccccc3)cccc21. The van der Waals surface area contributed by atoms with Crippen LogP contribution in [0.5, 0.6) is 0 Å². The first-order chi connectivity index (χ1) is 29.1. The van der Waals surface area contributed by atoms with Crippen molar-refractivity contribution in [1.29, 1.82) is 0 Å². The summed E-state index contributed by atoms with van der Waals surface area (Å²) in [5, 5.41) is 2.46. The van der Waals surface area contributed by atoms with Crippen LogP contribution >= 0.6 is 0 Å². The lowest BCUT2D eigenvalue weighted by atomic mass is 9.80. The molecule has 10 aromatic rings. The third-order valence-corrected chi connectivity index (χ3v) is 13.0. The van der Waals surface area contributed by atoms with Crippen LogP contribution in [0.3, 0.4) is 0 Å². The molecule has 0 fully saturated rings. The van der Waals surface area contributed by atoms with E-state index < -0.39 is 0 Å². The van der Waals surface area contributed by atoms with E-state index in [2.05, 4.69) is 230 Å². The van der Waals surface area contributed by atoms with Gasteiger partial charge in [-0.05, 0) is 116 Å². The monoisotopic (exact) mass is 752 g/mol. The Hall–Kier alpha value is -7.42. The van der Waals surface area contributed by atoms with E-state index in [4.69, 9.17) is 0 Å². The van der Waals surface area contributed by atoms with Crippen molar-refractivity contribution in [2.45, 2.75) is 19.3 Å². The molecule has 0 saturated heterocycles. The van der Waals surface area contributed by atoms with E-state index in [-0.39, 0.29) is 5.41 Å². The topological polar surface area (TPSA) is 8.17 Å². The highest BCUT2D eigenvalue weighted by Crippen LogP contribution is 2.55. The molecule has 59 heavy (non-hydrogen) atoms. The Morgan fingerprint density at radius 2 is 0.847 bits per heavy atom. The second-order valence-corrected chi connectivity index (χ2v) is 16.5. The van der Waals surface area contributed by atoms with Crippen LogP contribution in [0, 0.1) is 0 Å². The number of benzene rings is 9. The molecule has 0 atom stereocenters. The van der Waals surface area contributed by atoms with Crippen molar-refractivity contribution in [3.05, 3.63) is 217 Å². The fourth-order valence-corrected chi connectivity index (χ4v) is 10.3. The molecule has 0 saturated carbocycles. The largest absolute Gasteiger partial charge is 0.310 e. The lowest BCUT2D eigenvalue weighted by Gasteiger charge is -2.30. The smallest absolute Gasteiger partial charge is 0.0543 e. The van der Waals surface area contributed by atoms with Crippen LogP contribution in [0.2, 0.25) is 0 Å². The van der Waals surface area contributed by atoms with Crippen molar-refractivity contribution in [2.24, 2.45) is 0 Å². The number of hydrogen-bond donors (Lipinski definition) is 0. The van der Waals surface area contributed by atoms with Crippen molar-refractivity contribution in [3.8, 4) is 61.3 Å². The van der Waals surface area contributed by atoms with E-state index in [0.717, 1.165) is 17.1 Å². The quantitative estimate of drug-likeness (QED) is 0.174. The van der Waals surface area contributed by atoms with Crippen LogP contribution < -0.4 is 4.90 Å². The Labute approximate surface area is 344 Å². The van der Waals surface area contributed by atoms with Gasteiger partial charge in [0.2, 0.25) is 0 Å². The zero-order chi connectivity index (χ0) is 39.2. The molecular weight excluding hydrogens is 713 g/mol. The van der Waals surface area contributed by atoms with Crippen molar-refractivity contribution >= 4 is 38.9 Å². The zero-order valence-electron chi connectivity index (χ0n) is 33.0. The summed E-state index contributed by atoms with van der Waals surface area (Å²) in [4.78, 5) is 2.52. The molecule has 1 aromatic heterocycles. The molecule has 2 aliphatic rings. The van der Waals surface area contributed by atoms with E-state index in [1.54, 1.807) is 0 Å². The van der Waals surface area contributed by atoms with Gasteiger partial charge in [-0.1, -0.05) is 166 Å². The Balaban J connectivity index is 1.16. The molecule has 12 rings (SSSR count). The third-order valence-electron chi connectivity index (χ3n) is 13.0. The van der Waals surface area contributed by atoms with E-state index in [0.29, 0.717) is 0 Å². The lowest BCUT2D eigenvalue weighted by molar-refractivity contribution is 0.660. The maximum Gasteiger partial charge on any atom is 0.0543 e. The first-order valence-electron chi connectivity index (χ1n) is 20.6. The van der Waals surface area contributed by atoms with E-state index in [9.17, 15) is 0 Å². The Morgan fingerprint density at radius 1 is 0.356 bits per heavy atom. The standard InChI is InChI=1S/C57H40N2/c1-57(2)51-27-14-12-26-48(51)56-52(57)28-16-30-55(56)58(39-32-34-54-50(36-39)47-25-13-15-29-53(47)59(54)37-17-4-3-5-18-37)38-31-33-46-44-23-9-8-21-42(44)40-19-6-7-20-41(40)43-22-10-11-24-45(43)49(46)35-38/h3-36H,1-2H3. The van der Waals surface area contributed by atoms with Gasteiger partial charge in [0.05, 0.1) is 16.7 Å². The lowest BCUT2D eigenvalue weighted by Crippen LogP contribution is -2.16. The predicted molar refractivity (Wildman–Crippen MR) is 248 cm³/mol. The molecule has 9 aromatic carbocycles. The highest BCUT2D eigenvalue weighted by molar-refractivity contribution is 6.11. The van der Waals surface area contributed by atoms with Gasteiger partial charge in [-0.25, -0.2) is 0 Å². The van der Waals surface area contributed by atoms with Crippen LogP contribution in [-0.2, 0) is 5.41 Å². The van der Waals surface area contributed by atoms with E-state index in [1.807, 2.05) is 0 Å². The van der Waals surface area contributed by atoms with Crippen molar-refractivity contribution in [1.82, 2.24) is 4.57 Å². The second kappa shape index (κ2) is 12.8. The molecule has 2 heteroatoms. The fraction of sp³-hybridized carbons (Fsp3) is 0.0526. The predicted octanol–water partition coefficient (Wildman–Crippen LogP) is 15.5. The van der Waals surface area contributed by atoms with Crippen molar-refractivity contribution in [3.63, 3.8) is 0 Å². The highest BCUT2D eigenvalue weighted by atomic mass is 15.1. The van der Waals surface area contributed by atoms with Gasteiger partial charge in [0, 0.05) is 38.8 Å².